The van der Waals surface area contributed by atoms with Crippen LogP contribution in [0.15, 0.2) is 42.5 Å². The molecule has 100 valence electrons. The Morgan fingerprint density at radius 3 is 2.53 bits per heavy atom. The number of rotatable bonds is 3. The zero-order valence-electron chi connectivity index (χ0n) is 11.1. The molecule has 0 aliphatic carbocycles. The average Bonchev–Trinajstić information content (AvgIpc) is 2.49. The van der Waals surface area contributed by atoms with Crippen LogP contribution in [-0.2, 0) is 4.74 Å². The molecule has 0 saturated carbocycles. The lowest BCUT2D eigenvalue weighted by molar-refractivity contribution is 0.0179. The molecule has 0 aromatic heterocycles. The van der Waals surface area contributed by atoms with Gasteiger partial charge in [-0.25, -0.2) is 0 Å². The van der Waals surface area contributed by atoms with Crippen LogP contribution >= 0.6 is 0 Å². The minimum atomic E-state index is 0.300. The van der Waals surface area contributed by atoms with Gasteiger partial charge in [0.15, 0.2) is 0 Å². The lowest BCUT2D eigenvalue weighted by Crippen LogP contribution is -2.41. The summed E-state index contributed by atoms with van der Waals surface area (Å²) in [5, 5.41) is 2.57. The third kappa shape index (κ3) is 2.63. The van der Waals surface area contributed by atoms with E-state index in [2.05, 4.69) is 47.4 Å². The molecule has 2 aromatic carbocycles. The molecule has 1 aliphatic rings. The van der Waals surface area contributed by atoms with Gasteiger partial charge in [0.2, 0.25) is 0 Å². The number of morpholine rings is 1. The van der Waals surface area contributed by atoms with Crippen LogP contribution in [0, 0.1) is 0 Å². The fourth-order valence-corrected chi connectivity index (χ4v) is 2.80. The number of nitrogens with zero attached hydrogens (tertiary/aromatic N) is 1. The van der Waals surface area contributed by atoms with Crippen molar-refractivity contribution >= 4 is 10.8 Å². The fraction of sp³-hybridized carbons (Fsp3) is 0.375. The third-order valence-corrected chi connectivity index (χ3v) is 3.87. The van der Waals surface area contributed by atoms with Gasteiger partial charge in [-0.05, 0) is 22.4 Å². The lowest BCUT2D eigenvalue weighted by atomic mass is 10.0. The van der Waals surface area contributed by atoms with Crippen LogP contribution in [-0.4, -0.2) is 37.7 Å². The van der Waals surface area contributed by atoms with Gasteiger partial charge in [-0.15, -0.1) is 0 Å². The van der Waals surface area contributed by atoms with Crippen LogP contribution in [0.5, 0.6) is 0 Å². The second kappa shape index (κ2) is 5.70. The molecule has 2 N–H and O–H groups in total. The first kappa shape index (κ1) is 12.6. The van der Waals surface area contributed by atoms with E-state index in [1.165, 1.54) is 16.3 Å². The van der Waals surface area contributed by atoms with Crippen LogP contribution in [0.25, 0.3) is 10.8 Å². The highest BCUT2D eigenvalue weighted by Crippen LogP contribution is 2.24. The topological polar surface area (TPSA) is 38.5 Å². The molecule has 1 unspecified atom stereocenters. The Hall–Kier alpha value is -1.42. The van der Waals surface area contributed by atoms with Crippen LogP contribution in [0.2, 0.25) is 0 Å². The van der Waals surface area contributed by atoms with Gasteiger partial charge in [-0.2, -0.15) is 0 Å². The van der Waals surface area contributed by atoms with Gasteiger partial charge in [-0.3, -0.25) is 4.90 Å². The van der Waals surface area contributed by atoms with E-state index in [0.717, 1.165) is 26.3 Å². The summed E-state index contributed by atoms with van der Waals surface area (Å²) in [4.78, 5) is 2.42. The Balaban J connectivity index is 1.91. The molecule has 0 spiro atoms. The maximum Gasteiger partial charge on any atom is 0.0594 e. The predicted molar refractivity (Wildman–Crippen MR) is 78.1 cm³/mol. The first-order valence-corrected chi connectivity index (χ1v) is 6.89. The minimum absolute atomic E-state index is 0.300. The summed E-state index contributed by atoms with van der Waals surface area (Å²) in [6.07, 6.45) is 0. The number of fused-ring (bicyclic) bond motifs is 1. The van der Waals surface area contributed by atoms with E-state index in [1.54, 1.807) is 0 Å². The first-order chi connectivity index (χ1) is 9.38. The van der Waals surface area contributed by atoms with E-state index in [4.69, 9.17) is 10.5 Å². The largest absolute Gasteiger partial charge is 0.379 e. The summed E-state index contributed by atoms with van der Waals surface area (Å²) in [5.74, 6) is 0. The van der Waals surface area contributed by atoms with Crippen molar-refractivity contribution in [3.8, 4) is 0 Å². The first-order valence-electron chi connectivity index (χ1n) is 6.89. The fourth-order valence-electron chi connectivity index (χ4n) is 2.80. The molecule has 0 amide bonds. The number of hydrogen-bond donors (Lipinski definition) is 1. The third-order valence-electron chi connectivity index (χ3n) is 3.87. The molecule has 1 saturated heterocycles. The molecule has 19 heavy (non-hydrogen) atoms. The Labute approximate surface area is 114 Å². The minimum Gasteiger partial charge on any atom is -0.379 e. The second-order valence-electron chi connectivity index (χ2n) is 5.01. The molecule has 0 radical (unpaired) electrons. The van der Waals surface area contributed by atoms with Crippen molar-refractivity contribution in [3.05, 3.63) is 48.0 Å². The monoisotopic (exact) mass is 256 g/mol. The quantitative estimate of drug-likeness (QED) is 0.914. The predicted octanol–water partition coefficient (Wildman–Crippen LogP) is 2.17. The van der Waals surface area contributed by atoms with Gasteiger partial charge < -0.3 is 10.5 Å². The van der Waals surface area contributed by atoms with Crippen molar-refractivity contribution in [1.82, 2.24) is 4.90 Å². The molecule has 1 heterocycles. The molecule has 1 aliphatic heterocycles. The van der Waals surface area contributed by atoms with E-state index in [0.29, 0.717) is 12.6 Å². The van der Waals surface area contributed by atoms with Crippen LogP contribution in [0.3, 0.4) is 0 Å². The van der Waals surface area contributed by atoms with E-state index >= 15 is 0 Å². The van der Waals surface area contributed by atoms with Gasteiger partial charge in [0.25, 0.3) is 0 Å². The normalized spacial score (nSPS) is 18.6. The summed E-state index contributed by atoms with van der Waals surface area (Å²) in [6.45, 7) is 4.20. The number of nitrogens with two attached hydrogens (primary N) is 1. The number of benzene rings is 2. The maximum absolute atomic E-state index is 6.00. The van der Waals surface area contributed by atoms with Gasteiger partial charge in [0, 0.05) is 25.7 Å². The summed E-state index contributed by atoms with van der Waals surface area (Å²) in [7, 11) is 0. The van der Waals surface area contributed by atoms with Crippen LogP contribution in [0.4, 0.5) is 0 Å². The molecule has 1 fully saturated rings. The van der Waals surface area contributed by atoms with Gasteiger partial charge in [0.1, 0.15) is 0 Å². The zero-order chi connectivity index (χ0) is 13.1. The van der Waals surface area contributed by atoms with Crippen LogP contribution in [0.1, 0.15) is 11.6 Å². The Morgan fingerprint density at radius 1 is 1.05 bits per heavy atom. The van der Waals surface area contributed by atoms with Gasteiger partial charge >= 0.3 is 0 Å². The molecule has 0 bridgehead atoms. The van der Waals surface area contributed by atoms with E-state index < -0.39 is 0 Å². The number of ether oxygens (including phenoxy) is 1. The molecular formula is C16H20N2O. The lowest BCUT2D eigenvalue weighted by Gasteiger charge is -2.34. The van der Waals surface area contributed by atoms with Gasteiger partial charge in [0.05, 0.1) is 13.2 Å². The molecule has 1 atom stereocenters. The van der Waals surface area contributed by atoms with E-state index in [9.17, 15) is 0 Å². The summed E-state index contributed by atoms with van der Waals surface area (Å²) in [5.41, 5.74) is 7.31. The highest BCUT2D eigenvalue weighted by Gasteiger charge is 2.21. The number of hydrogen-bond acceptors (Lipinski definition) is 3. The highest BCUT2D eigenvalue weighted by atomic mass is 16.5. The molecular weight excluding hydrogens is 236 g/mol. The molecule has 3 nitrogen and oxygen atoms in total. The van der Waals surface area contributed by atoms with E-state index in [-0.39, 0.29) is 0 Å². The van der Waals surface area contributed by atoms with Crippen LogP contribution < -0.4 is 5.73 Å². The van der Waals surface area contributed by atoms with Crippen molar-refractivity contribution < 1.29 is 4.74 Å². The second-order valence-corrected chi connectivity index (χ2v) is 5.01. The van der Waals surface area contributed by atoms with Crippen molar-refractivity contribution in [2.45, 2.75) is 6.04 Å². The van der Waals surface area contributed by atoms with Crippen molar-refractivity contribution in [3.63, 3.8) is 0 Å². The molecule has 3 heteroatoms. The molecule has 3 rings (SSSR count). The summed E-state index contributed by atoms with van der Waals surface area (Å²) >= 11 is 0. The molecule has 2 aromatic rings. The van der Waals surface area contributed by atoms with Crippen molar-refractivity contribution in [2.75, 3.05) is 32.8 Å². The Kier molecular flexibility index (Phi) is 3.78. The average molecular weight is 256 g/mol. The summed E-state index contributed by atoms with van der Waals surface area (Å²) in [6, 6.07) is 15.4. The summed E-state index contributed by atoms with van der Waals surface area (Å²) < 4.78 is 5.42. The van der Waals surface area contributed by atoms with E-state index in [1.807, 2.05) is 0 Å². The smallest absolute Gasteiger partial charge is 0.0594 e. The van der Waals surface area contributed by atoms with Gasteiger partial charge in [-0.1, -0.05) is 36.4 Å². The SMILES string of the molecule is NCC(c1ccc2ccccc2c1)N1CCOCC1. The Bertz CT molecular complexity index is 549. The standard InChI is InChI=1S/C16H20N2O/c17-12-16(18-7-9-19-10-8-18)15-6-5-13-3-1-2-4-14(13)11-15/h1-6,11,16H,7-10,12,17H2. The Morgan fingerprint density at radius 2 is 1.79 bits per heavy atom. The van der Waals surface area contributed by atoms with Crippen molar-refractivity contribution in [2.24, 2.45) is 5.73 Å². The van der Waals surface area contributed by atoms with Crippen molar-refractivity contribution in [1.29, 1.82) is 0 Å². The maximum atomic E-state index is 6.00. The highest BCUT2D eigenvalue weighted by molar-refractivity contribution is 5.83. The zero-order valence-corrected chi connectivity index (χ0v) is 11.1.